The van der Waals surface area contributed by atoms with Crippen molar-refractivity contribution in [1.29, 1.82) is 0 Å². The zero-order chi connectivity index (χ0) is 17.4. The number of anilines is 2. The van der Waals surface area contributed by atoms with Crippen LogP contribution in [0.4, 0.5) is 11.4 Å². The molecule has 25 heavy (non-hydrogen) atoms. The maximum Gasteiger partial charge on any atom is 0.255 e. The number of hydrogen-bond acceptors (Lipinski definition) is 2. The fourth-order valence-corrected chi connectivity index (χ4v) is 3.59. The zero-order valence-electron chi connectivity index (χ0n) is 14.2. The molecule has 4 rings (SSSR count). The number of rotatable bonds is 2. The van der Waals surface area contributed by atoms with E-state index in [1.165, 1.54) is 11.1 Å². The molecular formula is C21H20N2O2. The van der Waals surface area contributed by atoms with Gasteiger partial charge >= 0.3 is 0 Å². The van der Waals surface area contributed by atoms with Crippen molar-refractivity contribution < 1.29 is 9.59 Å². The van der Waals surface area contributed by atoms with Crippen LogP contribution in [0.1, 0.15) is 40.4 Å². The predicted molar refractivity (Wildman–Crippen MR) is 99.9 cm³/mol. The first kappa shape index (κ1) is 15.6. The zero-order valence-corrected chi connectivity index (χ0v) is 14.2. The number of amides is 2. The number of carbonyl (C=O) groups excluding carboxylic acids is 2. The molecule has 1 N–H and O–H groups in total. The summed E-state index contributed by atoms with van der Waals surface area (Å²) in [5, 5.41) is 2.98. The van der Waals surface area contributed by atoms with Crippen molar-refractivity contribution in [2.24, 2.45) is 0 Å². The van der Waals surface area contributed by atoms with Crippen LogP contribution in [0.15, 0.2) is 42.5 Å². The quantitative estimate of drug-likeness (QED) is 0.909. The van der Waals surface area contributed by atoms with Crippen LogP contribution < -0.4 is 10.2 Å². The van der Waals surface area contributed by atoms with Crippen molar-refractivity contribution in [3.8, 4) is 0 Å². The molecule has 0 unspecified atom stereocenters. The Morgan fingerprint density at radius 3 is 2.76 bits per heavy atom. The highest BCUT2D eigenvalue weighted by Crippen LogP contribution is 2.30. The molecule has 0 fully saturated rings. The summed E-state index contributed by atoms with van der Waals surface area (Å²) < 4.78 is 0. The molecule has 0 bridgehead atoms. The minimum absolute atomic E-state index is 0.0543. The second kappa shape index (κ2) is 6.20. The molecule has 0 spiro atoms. The van der Waals surface area contributed by atoms with Crippen LogP contribution in [0.5, 0.6) is 0 Å². The number of carbonyl (C=O) groups is 2. The van der Waals surface area contributed by atoms with E-state index in [1.54, 1.807) is 11.8 Å². The van der Waals surface area contributed by atoms with E-state index < -0.39 is 0 Å². The monoisotopic (exact) mass is 332 g/mol. The summed E-state index contributed by atoms with van der Waals surface area (Å²) in [6.45, 7) is 2.29. The minimum atomic E-state index is -0.0984. The molecule has 2 aromatic rings. The summed E-state index contributed by atoms with van der Waals surface area (Å²) in [5.74, 6) is -0.0441. The lowest BCUT2D eigenvalue weighted by Crippen LogP contribution is -2.25. The van der Waals surface area contributed by atoms with Crippen molar-refractivity contribution in [3.63, 3.8) is 0 Å². The summed E-state index contributed by atoms with van der Waals surface area (Å²) in [4.78, 5) is 26.0. The van der Waals surface area contributed by atoms with Gasteiger partial charge in [0.15, 0.2) is 0 Å². The predicted octanol–water partition coefficient (Wildman–Crippen LogP) is 3.81. The van der Waals surface area contributed by atoms with E-state index in [4.69, 9.17) is 0 Å². The van der Waals surface area contributed by atoms with E-state index in [9.17, 15) is 9.59 Å². The standard InChI is InChI=1S/C21H20N2O2/c1-14(24)23-11-10-17-13-19(8-9-20(17)23)22-21(25)18-7-6-15-4-2-3-5-16(15)12-18/h2,4,6-9,12-13H,3,5,10-11H2,1H3,(H,22,25). The van der Waals surface area contributed by atoms with Crippen LogP contribution >= 0.6 is 0 Å². The summed E-state index contributed by atoms with van der Waals surface area (Å²) in [6, 6.07) is 11.6. The van der Waals surface area contributed by atoms with Gasteiger partial charge in [0, 0.05) is 30.4 Å². The van der Waals surface area contributed by atoms with Gasteiger partial charge in [-0.1, -0.05) is 18.2 Å². The largest absolute Gasteiger partial charge is 0.322 e. The molecule has 2 aliphatic rings. The van der Waals surface area contributed by atoms with Crippen LogP contribution in [0.2, 0.25) is 0 Å². The highest BCUT2D eigenvalue weighted by atomic mass is 16.2. The Bertz CT molecular complexity index is 899. The SMILES string of the molecule is CC(=O)N1CCc2cc(NC(=O)c3ccc4c(c3)CCC=C4)ccc21. The smallest absolute Gasteiger partial charge is 0.255 e. The summed E-state index contributed by atoms with van der Waals surface area (Å²) in [6.07, 6.45) is 7.10. The second-order valence-electron chi connectivity index (χ2n) is 6.57. The highest BCUT2D eigenvalue weighted by molar-refractivity contribution is 6.05. The van der Waals surface area contributed by atoms with E-state index in [0.717, 1.165) is 36.2 Å². The molecule has 4 heteroatoms. The van der Waals surface area contributed by atoms with E-state index in [-0.39, 0.29) is 11.8 Å². The number of benzene rings is 2. The van der Waals surface area contributed by atoms with Crippen molar-refractivity contribution in [3.05, 3.63) is 64.7 Å². The van der Waals surface area contributed by atoms with E-state index >= 15 is 0 Å². The van der Waals surface area contributed by atoms with Crippen molar-refractivity contribution in [2.75, 3.05) is 16.8 Å². The molecule has 4 nitrogen and oxygen atoms in total. The highest BCUT2D eigenvalue weighted by Gasteiger charge is 2.22. The lowest BCUT2D eigenvalue weighted by Gasteiger charge is -2.15. The normalized spacial score (nSPS) is 14.8. The topological polar surface area (TPSA) is 49.4 Å². The Kier molecular flexibility index (Phi) is 3.88. The first-order valence-electron chi connectivity index (χ1n) is 8.64. The van der Waals surface area contributed by atoms with Crippen molar-refractivity contribution in [1.82, 2.24) is 0 Å². The van der Waals surface area contributed by atoms with Crippen LogP contribution in [0, 0.1) is 0 Å². The molecule has 1 aliphatic carbocycles. The number of nitrogens with one attached hydrogen (secondary N) is 1. The molecule has 126 valence electrons. The van der Waals surface area contributed by atoms with Gasteiger partial charge in [0.2, 0.25) is 5.91 Å². The summed E-state index contributed by atoms with van der Waals surface area (Å²) >= 11 is 0. The van der Waals surface area contributed by atoms with Crippen LogP contribution in [-0.4, -0.2) is 18.4 Å². The van der Waals surface area contributed by atoms with Gasteiger partial charge in [0.25, 0.3) is 5.91 Å². The number of nitrogens with zero attached hydrogens (tertiary/aromatic N) is 1. The fraction of sp³-hybridized carbons (Fsp3) is 0.238. The number of aryl methyl sites for hydroxylation is 1. The maximum atomic E-state index is 12.6. The first-order chi connectivity index (χ1) is 12.1. The summed E-state index contributed by atoms with van der Waals surface area (Å²) in [7, 11) is 0. The van der Waals surface area contributed by atoms with E-state index in [2.05, 4.69) is 17.5 Å². The van der Waals surface area contributed by atoms with Gasteiger partial charge in [0.1, 0.15) is 0 Å². The number of fused-ring (bicyclic) bond motifs is 2. The van der Waals surface area contributed by atoms with Gasteiger partial charge in [-0.3, -0.25) is 9.59 Å². The molecule has 0 aromatic heterocycles. The maximum absolute atomic E-state index is 12.6. The first-order valence-corrected chi connectivity index (χ1v) is 8.64. The lowest BCUT2D eigenvalue weighted by molar-refractivity contribution is -0.116. The molecule has 2 amide bonds. The van der Waals surface area contributed by atoms with Gasteiger partial charge in [-0.25, -0.2) is 0 Å². The number of hydrogen-bond donors (Lipinski definition) is 1. The fourth-order valence-electron chi connectivity index (χ4n) is 3.59. The van der Waals surface area contributed by atoms with E-state index in [0.29, 0.717) is 12.1 Å². The molecule has 0 radical (unpaired) electrons. The van der Waals surface area contributed by atoms with Crippen LogP contribution in [0.25, 0.3) is 6.08 Å². The molecule has 0 saturated heterocycles. The van der Waals surface area contributed by atoms with Gasteiger partial charge < -0.3 is 10.2 Å². The molecule has 1 aliphatic heterocycles. The molecule has 0 atom stereocenters. The molecule has 1 heterocycles. The number of allylic oxidation sites excluding steroid dienone is 1. The van der Waals surface area contributed by atoms with E-state index in [1.807, 2.05) is 36.4 Å². The Morgan fingerprint density at radius 1 is 1.04 bits per heavy atom. The van der Waals surface area contributed by atoms with Gasteiger partial charge in [-0.05, 0) is 66.3 Å². The average molecular weight is 332 g/mol. The molecular weight excluding hydrogens is 312 g/mol. The third-order valence-corrected chi connectivity index (χ3v) is 4.90. The van der Waals surface area contributed by atoms with Crippen molar-refractivity contribution in [2.45, 2.75) is 26.2 Å². The Hall–Kier alpha value is -2.88. The molecule has 2 aromatic carbocycles. The van der Waals surface area contributed by atoms with Crippen molar-refractivity contribution >= 4 is 29.3 Å². The average Bonchev–Trinajstić information content (AvgIpc) is 3.04. The van der Waals surface area contributed by atoms with Crippen LogP contribution in [0.3, 0.4) is 0 Å². The Morgan fingerprint density at radius 2 is 1.92 bits per heavy atom. The third kappa shape index (κ3) is 2.95. The Balaban J connectivity index is 1.54. The Labute approximate surface area is 147 Å². The van der Waals surface area contributed by atoms with Gasteiger partial charge in [-0.2, -0.15) is 0 Å². The lowest BCUT2D eigenvalue weighted by atomic mass is 9.95. The second-order valence-corrected chi connectivity index (χ2v) is 6.57. The van der Waals surface area contributed by atoms with Crippen LogP contribution in [-0.2, 0) is 17.6 Å². The molecule has 0 saturated carbocycles. The third-order valence-electron chi connectivity index (χ3n) is 4.90. The van der Waals surface area contributed by atoms with Gasteiger partial charge in [0.05, 0.1) is 0 Å². The summed E-state index contributed by atoms with van der Waals surface area (Å²) in [5.41, 5.74) is 5.92. The minimum Gasteiger partial charge on any atom is -0.322 e. The van der Waals surface area contributed by atoms with Gasteiger partial charge in [-0.15, -0.1) is 0 Å².